The van der Waals surface area contributed by atoms with E-state index >= 15 is 0 Å². The fourth-order valence-corrected chi connectivity index (χ4v) is 6.76. The molecular formula is C30H37F3N2O5S2. The molecule has 0 amide bonds. The third kappa shape index (κ3) is 9.63. The van der Waals surface area contributed by atoms with Crippen molar-refractivity contribution in [3.63, 3.8) is 0 Å². The van der Waals surface area contributed by atoms with Crippen molar-refractivity contribution in [2.45, 2.75) is 68.7 Å². The molecule has 0 fully saturated rings. The Morgan fingerprint density at radius 3 is 2.40 bits per heavy atom. The SMILES string of the molecule is CN(C[C@H](O)CNC(C)(C)CCCc1ccccc1)S(=O)(=O)c1cc(-c2ccsc2CCC(=O)O)cc(C(F)(F)F)c1. The quantitative estimate of drug-likeness (QED) is 0.196. The van der Waals surface area contributed by atoms with E-state index in [1.54, 1.807) is 11.4 Å². The van der Waals surface area contributed by atoms with E-state index in [9.17, 15) is 31.5 Å². The smallest absolute Gasteiger partial charge is 0.416 e. The van der Waals surface area contributed by atoms with Gasteiger partial charge in [0.1, 0.15) is 0 Å². The largest absolute Gasteiger partial charge is 0.481 e. The highest BCUT2D eigenvalue weighted by atomic mass is 32.2. The van der Waals surface area contributed by atoms with E-state index in [4.69, 9.17) is 5.11 Å². The number of carbonyl (C=O) groups is 1. The van der Waals surface area contributed by atoms with Crippen LogP contribution in [0.1, 0.15) is 49.1 Å². The lowest BCUT2D eigenvalue weighted by Crippen LogP contribution is -2.46. The van der Waals surface area contributed by atoms with Gasteiger partial charge >= 0.3 is 12.1 Å². The maximum atomic E-state index is 13.8. The number of thiophene rings is 1. The van der Waals surface area contributed by atoms with Crippen molar-refractivity contribution in [1.82, 2.24) is 9.62 Å². The molecule has 0 bridgehead atoms. The van der Waals surface area contributed by atoms with Gasteiger partial charge in [0, 0.05) is 30.6 Å². The molecule has 12 heteroatoms. The zero-order valence-electron chi connectivity index (χ0n) is 23.8. The normalized spacial score (nSPS) is 13.4. The summed E-state index contributed by atoms with van der Waals surface area (Å²) in [7, 11) is -3.20. The first kappa shape index (κ1) is 33.7. The monoisotopic (exact) mass is 626 g/mol. The number of aliphatic carboxylic acids is 1. The molecule has 0 saturated carbocycles. The fourth-order valence-electron chi connectivity index (χ4n) is 4.58. The molecule has 230 valence electrons. The molecule has 0 aliphatic rings. The number of aliphatic hydroxyl groups excluding tert-OH is 1. The highest BCUT2D eigenvalue weighted by molar-refractivity contribution is 7.89. The Kier molecular flexibility index (Phi) is 11.4. The van der Waals surface area contributed by atoms with Crippen LogP contribution in [0.25, 0.3) is 11.1 Å². The number of aliphatic hydroxyl groups is 1. The highest BCUT2D eigenvalue weighted by Gasteiger charge is 2.34. The maximum Gasteiger partial charge on any atom is 0.416 e. The van der Waals surface area contributed by atoms with Crippen LogP contribution in [0.2, 0.25) is 0 Å². The van der Waals surface area contributed by atoms with E-state index in [2.05, 4.69) is 17.4 Å². The lowest BCUT2D eigenvalue weighted by molar-refractivity contribution is -0.138. The minimum Gasteiger partial charge on any atom is -0.481 e. The van der Waals surface area contributed by atoms with Gasteiger partial charge in [-0.2, -0.15) is 17.5 Å². The summed E-state index contributed by atoms with van der Waals surface area (Å²) in [4.78, 5) is 11.0. The van der Waals surface area contributed by atoms with Crippen LogP contribution in [0.15, 0.2) is 64.9 Å². The van der Waals surface area contributed by atoms with E-state index < -0.39 is 38.7 Å². The molecule has 42 heavy (non-hydrogen) atoms. The van der Waals surface area contributed by atoms with Crippen LogP contribution >= 0.6 is 11.3 Å². The predicted octanol–water partition coefficient (Wildman–Crippen LogP) is 5.82. The molecule has 7 nitrogen and oxygen atoms in total. The number of β-amino-alcohol motifs (C(OH)–C–C–N with tert-alkyl or cyclic N) is 1. The van der Waals surface area contributed by atoms with Gasteiger partial charge in [0.05, 0.1) is 23.0 Å². The molecule has 0 unspecified atom stereocenters. The van der Waals surface area contributed by atoms with Gasteiger partial charge in [0.15, 0.2) is 0 Å². The van der Waals surface area contributed by atoms with Crippen molar-refractivity contribution in [2.75, 3.05) is 20.1 Å². The molecule has 0 aliphatic heterocycles. The number of carboxylic acid groups (broad SMARTS) is 1. The summed E-state index contributed by atoms with van der Waals surface area (Å²) < 4.78 is 69.1. The number of nitrogens with zero attached hydrogens (tertiary/aromatic N) is 1. The summed E-state index contributed by atoms with van der Waals surface area (Å²) in [5, 5.41) is 24.5. The Balaban J connectivity index is 1.71. The number of rotatable bonds is 15. The number of hydrogen-bond acceptors (Lipinski definition) is 6. The van der Waals surface area contributed by atoms with Gasteiger partial charge in [-0.3, -0.25) is 4.79 Å². The number of alkyl halides is 3. The summed E-state index contributed by atoms with van der Waals surface area (Å²) in [6.45, 7) is 3.74. The van der Waals surface area contributed by atoms with Crippen LogP contribution in [0.3, 0.4) is 0 Å². The molecule has 0 aliphatic carbocycles. The molecule has 0 radical (unpaired) electrons. The number of aryl methyl sites for hydroxylation is 2. The first-order chi connectivity index (χ1) is 19.6. The third-order valence-electron chi connectivity index (χ3n) is 6.96. The number of carboxylic acids is 1. The second-order valence-electron chi connectivity index (χ2n) is 10.9. The molecule has 2 aromatic carbocycles. The van der Waals surface area contributed by atoms with Crippen LogP contribution in [0.4, 0.5) is 13.2 Å². The van der Waals surface area contributed by atoms with E-state index in [0.717, 1.165) is 35.7 Å². The summed E-state index contributed by atoms with van der Waals surface area (Å²) in [5.74, 6) is -1.05. The maximum absolute atomic E-state index is 13.8. The van der Waals surface area contributed by atoms with Gasteiger partial charge in [-0.1, -0.05) is 30.3 Å². The van der Waals surface area contributed by atoms with E-state index in [0.29, 0.717) is 16.5 Å². The average molecular weight is 627 g/mol. The topological polar surface area (TPSA) is 107 Å². The zero-order valence-corrected chi connectivity index (χ0v) is 25.5. The van der Waals surface area contributed by atoms with Crippen molar-refractivity contribution < 1.29 is 36.6 Å². The minimum atomic E-state index is -4.81. The lowest BCUT2D eigenvalue weighted by Gasteiger charge is -2.29. The second-order valence-corrected chi connectivity index (χ2v) is 14.0. The average Bonchev–Trinajstić information content (AvgIpc) is 3.39. The van der Waals surface area contributed by atoms with Crippen LogP contribution in [-0.4, -0.2) is 60.7 Å². The molecule has 3 rings (SSSR count). The van der Waals surface area contributed by atoms with Crippen LogP contribution in [-0.2, 0) is 33.8 Å². The van der Waals surface area contributed by atoms with Crippen molar-refractivity contribution in [2.24, 2.45) is 0 Å². The molecular weight excluding hydrogens is 589 g/mol. The van der Waals surface area contributed by atoms with Crippen LogP contribution in [0.5, 0.6) is 0 Å². The molecule has 0 saturated heterocycles. The van der Waals surface area contributed by atoms with Crippen LogP contribution in [0, 0.1) is 0 Å². The Bertz CT molecular complexity index is 1440. The fraction of sp³-hybridized carbons (Fsp3) is 0.433. The summed E-state index contributed by atoms with van der Waals surface area (Å²) >= 11 is 1.19. The van der Waals surface area contributed by atoms with E-state index in [1.807, 2.05) is 32.0 Å². The standard InChI is InChI=1S/C30H37F3N2O5S2/c1-29(2,14-7-10-21-8-5-4-6-9-21)34-19-24(36)20-35(3)42(39,40)25-17-22(16-23(18-25)30(31,32)33)26-13-15-41-27(26)11-12-28(37)38/h4-6,8-9,13,15-18,24,34,36H,7,10-12,14,19-20H2,1-3H3,(H,37,38)/t24-/m1/s1. The number of halogens is 3. The van der Waals surface area contributed by atoms with E-state index in [1.165, 1.54) is 23.9 Å². The highest BCUT2D eigenvalue weighted by Crippen LogP contribution is 2.37. The third-order valence-corrected chi connectivity index (χ3v) is 9.74. The Labute approximate surface area is 249 Å². The summed E-state index contributed by atoms with van der Waals surface area (Å²) in [5.41, 5.74) is 0.139. The Morgan fingerprint density at radius 1 is 1.07 bits per heavy atom. The van der Waals surface area contributed by atoms with Gasteiger partial charge in [-0.25, -0.2) is 8.42 Å². The lowest BCUT2D eigenvalue weighted by atomic mass is 9.95. The number of sulfonamides is 1. The molecule has 1 aromatic heterocycles. The first-order valence-corrected chi connectivity index (χ1v) is 15.8. The molecule has 3 aromatic rings. The number of likely N-dealkylation sites (N-methyl/N-ethyl adjacent to an activating group) is 1. The number of benzene rings is 2. The molecule has 0 spiro atoms. The second kappa shape index (κ2) is 14.1. The van der Waals surface area contributed by atoms with Crippen molar-refractivity contribution in [1.29, 1.82) is 0 Å². The number of hydrogen-bond donors (Lipinski definition) is 3. The van der Waals surface area contributed by atoms with Gasteiger partial charge < -0.3 is 15.5 Å². The van der Waals surface area contributed by atoms with Gasteiger partial charge in [0.25, 0.3) is 0 Å². The zero-order chi connectivity index (χ0) is 31.1. The van der Waals surface area contributed by atoms with E-state index in [-0.39, 0.29) is 37.0 Å². The Morgan fingerprint density at radius 2 is 1.76 bits per heavy atom. The minimum absolute atomic E-state index is 0.0258. The van der Waals surface area contributed by atoms with Gasteiger partial charge in [-0.05, 0) is 85.9 Å². The summed E-state index contributed by atoms with van der Waals surface area (Å²) in [6.07, 6.45) is -3.41. The van der Waals surface area contributed by atoms with Crippen molar-refractivity contribution in [3.05, 3.63) is 76.0 Å². The number of nitrogens with one attached hydrogen (secondary N) is 1. The van der Waals surface area contributed by atoms with Crippen molar-refractivity contribution in [3.8, 4) is 11.1 Å². The molecule has 1 atom stereocenters. The first-order valence-electron chi connectivity index (χ1n) is 13.5. The molecule has 1 heterocycles. The van der Waals surface area contributed by atoms with Gasteiger partial charge in [0.2, 0.25) is 10.0 Å². The Hall–Kier alpha value is -2.77. The predicted molar refractivity (Wildman–Crippen MR) is 158 cm³/mol. The van der Waals surface area contributed by atoms with Crippen molar-refractivity contribution >= 4 is 27.3 Å². The van der Waals surface area contributed by atoms with Gasteiger partial charge in [-0.15, -0.1) is 11.3 Å². The van der Waals surface area contributed by atoms with Crippen LogP contribution < -0.4 is 5.32 Å². The summed E-state index contributed by atoms with van der Waals surface area (Å²) in [6, 6.07) is 14.2. The molecule has 3 N–H and O–H groups in total.